The van der Waals surface area contributed by atoms with Crippen LogP contribution in [-0.2, 0) is 15.9 Å². The molecule has 6 rings (SSSR count). The van der Waals surface area contributed by atoms with Crippen LogP contribution < -0.4 is 10.5 Å². The molecular formula is C25H27N7O3. The van der Waals surface area contributed by atoms with Crippen LogP contribution >= 0.6 is 0 Å². The van der Waals surface area contributed by atoms with Crippen molar-refractivity contribution in [2.24, 2.45) is 0 Å². The normalized spacial score (nSPS) is 17.2. The summed E-state index contributed by atoms with van der Waals surface area (Å²) in [6.07, 6.45) is 7.54. The molecule has 0 amide bonds. The van der Waals surface area contributed by atoms with Gasteiger partial charge in [0.05, 0.1) is 25.5 Å². The van der Waals surface area contributed by atoms with E-state index in [0.717, 1.165) is 42.6 Å². The summed E-state index contributed by atoms with van der Waals surface area (Å²) in [6.45, 7) is 4.36. The number of anilines is 1. The number of nitrogens with zero attached hydrogens (tertiary/aromatic N) is 6. The molecule has 2 fully saturated rings. The van der Waals surface area contributed by atoms with Gasteiger partial charge in [0.1, 0.15) is 11.2 Å². The average molecular weight is 474 g/mol. The van der Waals surface area contributed by atoms with Crippen molar-refractivity contribution >= 4 is 17.0 Å². The largest absolute Gasteiger partial charge is 0.381 e. The molecule has 10 nitrogen and oxygen atoms in total. The van der Waals surface area contributed by atoms with Crippen molar-refractivity contribution in [3.63, 3.8) is 0 Å². The minimum atomic E-state index is -0.168. The van der Waals surface area contributed by atoms with Crippen LogP contribution in [0.25, 0.3) is 22.2 Å². The smallest absolute Gasteiger partial charge is 0.262 e. The fraction of sp³-hybridized carbons (Fsp3) is 0.400. The Kier molecular flexibility index (Phi) is 5.97. The van der Waals surface area contributed by atoms with E-state index in [2.05, 4.69) is 25.0 Å². The third-order valence-corrected chi connectivity index (χ3v) is 6.67. The first kappa shape index (κ1) is 21.9. The molecule has 10 heteroatoms. The average Bonchev–Trinajstić information content (AvgIpc) is 3.35. The maximum absolute atomic E-state index is 12.8. The maximum atomic E-state index is 12.8. The summed E-state index contributed by atoms with van der Waals surface area (Å²) in [4.78, 5) is 31.9. The molecule has 180 valence electrons. The van der Waals surface area contributed by atoms with Gasteiger partial charge in [0.15, 0.2) is 5.65 Å². The Balaban J connectivity index is 1.30. The topological polar surface area (TPSA) is 111 Å². The van der Waals surface area contributed by atoms with Gasteiger partial charge in [0.2, 0.25) is 5.95 Å². The van der Waals surface area contributed by atoms with Crippen LogP contribution in [0, 0.1) is 0 Å². The predicted octanol–water partition coefficient (Wildman–Crippen LogP) is 2.36. The molecule has 1 aromatic carbocycles. The van der Waals surface area contributed by atoms with E-state index in [4.69, 9.17) is 14.5 Å². The quantitative estimate of drug-likeness (QED) is 0.470. The molecule has 1 N–H and O–H groups in total. The zero-order valence-corrected chi connectivity index (χ0v) is 19.4. The number of ether oxygens (including phenoxy) is 2. The number of H-pyrrole nitrogens is 1. The molecule has 0 bridgehead atoms. The predicted molar refractivity (Wildman–Crippen MR) is 131 cm³/mol. The Morgan fingerprint density at radius 2 is 1.71 bits per heavy atom. The second-order valence-corrected chi connectivity index (χ2v) is 8.89. The summed E-state index contributed by atoms with van der Waals surface area (Å²) in [6, 6.07) is 8.27. The Morgan fingerprint density at radius 1 is 0.971 bits per heavy atom. The van der Waals surface area contributed by atoms with Crippen molar-refractivity contribution in [3.8, 4) is 11.1 Å². The van der Waals surface area contributed by atoms with Crippen molar-refractivity contribution in [1.29, 1.82) is 0 Å². The first-order valence-electron chi connectivity index (χ1n) is 12.0. The van der Waals surface area contributed by atoms with E-state index in [1.165, 1.54) is 0 Å². The molecule has 0 saturated carbocycles. The van der Waals surface area contributed by atoms with Crippen LogP contribution in [0.15, 0.2) is 47.7 Å². The van der Waals surface area contributed by atoms with Crippen LogP contribution in [0.1, 0.15) is 30.3 Å². The number of fused-ring (bicyclic) bond motifs is 1. The van der Waals surface area contributed by atoms with Crippen LogP contribution in [0.4, 0.5) is 5.95 Å². The molecule has 4 aromatic rings. The van der Waals surface area contributed by atoms with Gasteiger partial charge in [-0.1, -0.05) is 24.3 Å². The lowest BCUT2D eigenvalue weighted by molar-refractivity contribution is 0.0673. The third-order valence-electron chi connectivity index (χ3n) is 6.67. The SMILES string of the molecule is O=c1[nH]c(Cc2ccccc2-c2cnc(N3CCOCC3)nc2)nc2c1cnn2C1CCOCC1. The van der Waals surface area contributed by atoms with Crippen molar-refractivity contribution in [2.45, 2.75) is 25.3 Å². The molecule has 3 aromatic heterocycles. The number of benzene rings is 1. The standard InChI is InChI=1S/C25H27N7O3/c33-24-21-16-28-32(19-5-9-34-10-6-19)23(21)29-22(30-24)13-17-3-1-2-4-20(17)18-14-26-25(27-15-18)31-7-11-35-12-8-31/h1-4,14-16,19H,5-13H2,(H,29,30,33). The Bertz CT molecular complexity index is 1370. The Morgan fingerprint density at radius 3 is 2.51 bits per heavy atom. The lowest BCUT2D eigenvalue weighted by Crippen LogP contribution is -2.37. The van der Waals surface area contributed by atoms with Crippen molar-refractivity contribution in [2.75, 3.05) is 44.4 Å². The zero-order valence-electron chi connectivity index (χ0n) is 19.4. The molecule has 35 heavy (non-hydrogen) atoms. The molecule has 2 saturated heterocycles. The van der Waals surface area contributed by atoms with E-state index in [1.54, 1.807) is 6.20 Å². The number of rotatable bonds is 5. The van der Waals surface area contributed by atoms with E-state index in [9.17, 15) is 4.79 Å². The van der Waals surface area contributed by atoms with Crippen molar-refractivity contribution in [3.05, 3.63) is 64.6 Å². The van der Waals surface area contributed by atoms with Gasteiger partial charge in [0.25, 0.3) is 5.56 Å². The minimum Gasteiger partial charge on any atom is -0.381 e. The van der Waals surface area contributed by atoms with E-state index in [-0.39, 0.29) is 11.6 Å². The number of aromatic nitrogens is 6. The van der Waals surface area contributed by atoms with E-state index in [0.29, 0.717) is 55.7 Å². The zero-order chi connectivity index (χ0) is 23.6. The highest BCUT2D eigenvalue weighted by Gasteiger charge is 2.21. The molecule has 5 heterocycles. The molecule has 0 radical (unpaired) electrons. The third kappa shape index (κ3) is 4.42. The monoisotopic (exact) mass is 473 g/mol. The lowest BCUT2D eigenvalue weighted by atomic mass is 9.99. The number of aromatic amines is 1. The minimum absolute atomic E-state index is 0.168. The molecule has 0 spiro atoms. The van der Waals surface area contributed by atoms with Gasteiger partial charge in [0, 0.05) is 50.7 Å². The van der Waals surface area contributed by atoms with Crippen molar-refractivity contribution < 1.29 is 9.47 Å². The van der Waals surface area contributed by atoms with Crippen LogP contribution in [0.5, 0.6) is 0 Å². The van der Waals surface area contributed by atoms with Gasteiger partial charge in [-0.2, -0.15) is 5.10 Å². The lowest BCUT2D eigenvalue weighted by Gasteiger charge is -2.26. The van der Waals surface area contributed by atoms with Crippen LogP contribution in [0.3, 0.4) is 0 Å². The van der Waals surface area contributed by atoms with Gasteiger partial charge < -0.3 is 19.4 Å². The summed E-state index contributed by atoms with van der Waals surface area (Å²) in [5.74, 6) is 1.32. The number of nitrogens with one attached hydrogen (secondary N) is 1. The molecule has 0 aliphatic carbocycles. The molecular weight excluding hydrogens is 446 g/mol. The summed E-state index contributed by atoms with van der Waals surface area (Å²) in [5, 5.41) is 5.00. The number of morpholine rings is 1. The molecule has 2 aliphatic rings. The highest BCUT2D eigenvalue weighted by Crippen LogP contribution is 2.26. The second-order valence-electron chi connectivity index (χ2n) is 8.89. The Hall–Kier alpha value is -3.63. The maximum Gasteiger partial charge on any atom is 0.262 e. The van der Waals surface area contributed by atoms with E-state index in [1.807, 2.05) is 41.3 Å². The summed E-state index contributed by atoms with van der Waals surface area (Å²) >= 11 is 0. The van der Waals surface area contributed by atoms with Crippen LogP contribution in [-0.4, -0.2) is 69.2 Å². The molecule has 2 aliphatic heterocycles. The van der Waals surface area contributed by atoms with Gasteiger partial charge in [-0.25, -0.2) is 19.6 Å². The Labute approximate surface area is 201 Å². The fourth-order valence-corrected chi connectivity index (χ4v) is 4.79. The van der Waals surface area contributed by atoms with Crippen LogP contribution in [0.2, 0.25) is 0 Å². The first-order valence-corrected chi connectivity index (χ1v) is 12.0. The van der Waals surface area contributed by atoms with Gasteiger partial charge >= 0.3 is 0 Å². The number of hydrogen-bond acceptors (Lipinski definition) is 8. The van der Waals surface area contributed by atoms with Gasteiger partial charge in [-0.3, -0.25) is 4.79 Å². The second kappa shape index (κ2) is 9.55. The van der Waals surface area contributed by atoms with Gasteiger partial charge in [-0.05, 0) is 24.0 Å². The first-order chi connectivity index (χ1) is 17.3. The van der Waals surface area contributed by atoms with E-state index < -0.39 is 0 Å². The fourth-order valence-electron chi connectivity index (χ4n) is 4.79. The van der Waals surface area contributed by atoms with E-state index >= 15 is 0 Å². The summed E-state index contributed by atoms with van der Waals surface area (Å²) in [7, 11) is 0. The highest BCUT2D eigenvalue weighted by atomic mass is 16.5. The highest BCUT2D eigenvalue weighted by molar-refractivity contribution is 5.73. The summed E-state index contributed by atoms with van der Waals surface area (Å²) < 4.78 is 12.8. The molecule has 0 unspecified atom stereocenters. The number of hydrogen-bond donors (Lipinski definition) is 1. The van der Waals surface area contributed by atoms with Gasteiger partial charge in [-0.15, -0.1) is 0 Å². The summed E-state index contributed by atoms with van der Waals surface area (Å²) in [5.41, 5.74) is 3.44. The molecule has 0 atom stereocenters. The van der Waals surface area contributed by atoms with Crippen molar-refractivity contribution in [1.82, 2.24) is 29.7 Å².